The van der Waals surface area contributed by atoms with Crippen LogP contribution >= 0.6 is 0 Å². The molecule has 0 nitrogen and oxygen atoms in total. The number of hydrogen-bond donors (Lipinski definition) is 0. The lowest BCUT2D eigenvalue weighted by Crippen LogP contribution is -2.30. The van der Waals surface area contributed by atoms with Gasteiger partial charge in [-0.3, -0.25) is 0 Å². The van der Waals surface area contributed by atoms with Gasteiger partial charge in [-0.1, -0.05) is 32.9 Å². The molecule has 0 aliphatic heterocycles. The zero-order valence-corrected chi connectivity index (χ0v) is 10.5. The molecule has 3 aliphatic carbocycles. The molecule has 0 N–H and O–H groups in total. The van der Waals surface area contributed by atoms with Crippen molar-refractivity contribution in [3.63, 3.8) is 0 Å². The lowest BCUT2D eigenvalue weighted by atomic mass is 9.67. The van der Waals surface area contributed by atoms with Gasteiger partial charge in [0, 0.05) is 0 Å². The first-order valence-electron chi connectivity index (χ1n) is 6.66. The van der Waals surface area contributed by atoms with Gasteiger partial charge >= 0.3 is 0 Å². The first-order valence-corrected chi connectivity index (χ1v) is 6.66. The molecule has 0 heteroatoms. The van der Waals surface area contributed by atoms with E-state index in [0.29, 0.717) is 5.41 Å². The quantitative estimate of drug-likeness (QED) is 0.513. The second-order valence-electron chi connectivity index (χ2n) is 7.00. The van der Waals surface area contributed by atoms with E-state index >= 15 is 0 Å². The minimum atomic E-state index is 0.540. The summed E-state index contributed by atoms with van der Waals surface area (Å²) < 4.78 is 0. The number of rotatable bonds is 0. The van der Waals surface area contributed by atoms with Gasteiger partial charge in [0.2, 0.25) is 0 Å². The Morgan fingerprint density at radius 3 is 2.73 bits per heavy atom. The highest BCUT2D eigenvalue weighted by atomic mass is 14.7. The van der Waals surface area contributed by atoms with Crippen LogP contribution < -0.4 is 0 Å². The van der Waals surface area contributed by atoms with Crippen LogP contribution in [0.4, 0.5) is 0 Å². The van der Waals surface area contributed by atoms with Crippen LogP contribution in [-0.2, 0) is 0 Å². The maximum Gasteiger partial charge on any atom is -0.0146 e. The molecular weight excluding hydrogens is 180 g/mol. The van der Waals surface area contributed by atoms with Crippen molar-refractivity contribution in [2.45, 2.75) is 52.9 Å². The van der Waals surface area contributed by atoms with E-state index in [1.54, 1.807) is 5.57 Å². The molecule has 0 aromatic heterocycles. The highest BCUT2D eigenvalue weighted by molar-refractivity contribution is 5.23. The van der Waals surface area contributed by atoms with Gasteiger partial charge in [0.25, 0.3) is 0 Å². The summed E-state index contributed by atoms with van der Waals surface area (Å²) in [6.07, 6.45) is 7.18. The Hall–Kier alpha value is -0.260. The first kappa shape index (κ1) is 9.93. The second-order valence-corrected chi connectivity index (χ2v) is 7.00. The number of fused-ring (bicyclic) bond motifs is 1. The van der Waals surface area contributed by atoms with Crippen LogP contribution in [0.25, 0.3) is 0 Å². The monoisotopic (exact) mass is 204 g/mol. The van der Waals surface area contributed by atoms with Crippen molar-refractivity contribution in [3.05, 3.63) is 12.2 Å². The molecule has 3 fully saturated rings. The van der Waals surface area contributed by atoms with Crippen LogP contribution in [0.2, 0.25) is 0 Å². The van der Waals surface area contributed by atoms with Crippen LogP contribution in [0.1, 0.15) is 52.9 Å². The predicted molar refractivity (Wildman–Crippen MR) is 64.6 cm³/mol. The zero-order chi connectivity index (χ0) is 10.8. The Morgan fingerprint density at radius 2 is 2.00 bits per heavy atom. The Bertz CT molecular complexity index is 312. The molecule has 15 heavy (non-hydrogen) atoms. The van der Waals surface area contributed by atoms with Crippen molar-refractivity contribution in [3.8, 4) is 0 Å². The highest BCUT2D eigenvalue weighted by Gasteiger charge is 2.63. The maximum absolute atomic E-state index is 4.34. The lowest BCUT2D eigenvalue weighted by molar-refractivity contribution is 0.118. The molecule has 3 saturated carbocycles. The molecule has 3 rings (SSSR count). The molecule has 2 bridgehead atoms. The molecule has 0 aromatic carbocycles. The van der Waals surface area contributed by atoms with Crippen molar-refractivity contribution < 1.29 is 0 Å². The van der Waals surface area contributed by atoms with Crippen molar-refractivity contribution in [2.75, 3.05) is 0 Å². The van der Waals surface area contributed by atoms with Crippen LogP contribution in [0, 0.1) is 28.6 Å². The first-order chi connectivity index (χ1) is 6.98. The minimum absolute atomic E-state index is 0.540. The van der Waals surface area contributed by atoms with E-state index < -0.39 is 0 Å². The number of hydrogen-bond acceptors (Lipinski definition) is 0. The van der Waals surface area contributed by atoms with Crippen molar-refractivity contribution in [1.29, 1.82) is 0 Å². The van der Waals surface area contributed by atoms with Crippen LogP contribution in [0.5, 0.6) is 0 Å². The summed E-state index contributed by atoms with van der Waals surface area (Å²) in [6.45, 7) is 11.9. The van der Waals surface area contributed by atoms with Gasteiger partial charge in [0.15, 0.2) is 0 Å². The summed E-state index contributed by atoms with van der Waals surface area (Å²) in [5, 5.41) is 0. The van der Waals surface area contributed by atoms with Gasteiger partial charge in [-0.15, -0.1) is 0 Å². The van der Waals surface area contributed by atoms with Crippen molar-refractivity contribution >= 4 is 0 Å². The molecule has 4 atom stereocenters. The summed E-state index contributed by atoms with van der Waals surface area (Å²) in [7, 11) is 0. The number of allylic oxidation sites excluding steroid dienone is 1. The lowest BCUT2D eigenvalue weighted by Gasteiger charge is -2.38. The van der Waals surface area contributed by atoms with E-state index in [1.165, 1.54) is 32.1 Å². The Balaban J connectivity index is 2.08. The van der Waals surface area contributed by atoms with Gasteiger partial charge in [-0.05, 0) is 60.7 Å². The van der Waals surface area contributed by atoms with Crippen LogP contribution in [-0.4, -0.2) is 0 Å². The predicted octanol–water partition coefficient (Wildman–Crippen LogP) is 4.42. The fraction of sp³-hybridized carbons (Fsp3) is 0.867. The van der Waals surface area contributed by atoms with Gasteiger partial charge in [-0.2, -0.15) is 0 Å². The molecule has 0 unspecified atom stereocenters. The molecule has 3 aliphatic rings. The van der Waals surface area contributed by atoms with E-state index in [9.17, 15) is 0 Å². The van der Waals surface area contributed by atoms with Crippen LogP contribution in [0.15, 0.2) is 12.2 Å². The summed E-state index contributed by atoms with van der Waals surface area (Å²) in [5.74, 6) is 2.79. The summed E-state index contributed by atoms with van der Waals surface area (Å²) in [4.78, 5) is 0. The average Bonchev–Trinajstić information content (AvgIpc) is 2.57. The standard InChI is InChI=1S/C15H24/c1-10-7-8-15-9-12(10)14(3,4)13(15)6-5-11(15)2/h11-13H,1,5-9H2,2-4H3/t11-,12+,13-,15+/m0/s1. The molecule has 0 aromatic rings. The summed E-state index contributed by atoms with van der Waals surface area (Å²) >= 11 is 0. The normalized spacial score (nSPS) is 51.9. The van der Waals surface area contributed by atoms with E-state index in [4.69, 9.17) is 0 Å². The SMILES string of the molecule is C=C1CC[C@]23C[C@H]1C(C)(C)[C@@H]2CC[C@@H]3C. The van der Waals surface area contributed by atoms with E-state index in [0.717, 1.165) is 23.2 Å². The third kappa shape index (κ3) is 0.990. The molecule has 1 spiro atoms. The smallest absolute Gasteiger partial charge is 0.0146 e. The highest BCUT2D eigenvalue weighted by Crippen LogP contribution is 2.72. The molecule has 0 radical (unpaired) electrons. The van der Waals surface area contributed by atoms with E-state index in [1.807, 2.05) is 0 Å². The fourth-order valence-electron chi connectivity index (χ4n) is 5.44. The second kappa shape index (κ2) is 2.70. The Labute approximate surface area is 94.1 Å². The van der Waals surface area contributed by atoms with E-state index in [-0.39, 0.29) is 0 Å². The largest absolute Gasteiger partial charge is 0.0996 e. The van der Waals surface area contributed by atoms with Crippen LogP contribution in [0.3, 0.4) is 0 Å². The third-order valence-electron chi connectivity index (χ3n) is 6.35. The van der Waals surface area contributed by atoms with Gasteiger partial charge in [0.05, 0.1) is 0 Å². The third-order valence-corrected chi connectivity index (χ3v) is 6.35. The zero-order valence-electron chi connectivity index (χ0n) is 10.5. The molecule has 0 heterocycles. The summed E-state index contributed by atoms with van der Waals surface area (Å²) in [5.41, 5.74) is 2.82. The topological polar surface area (TPSA) is 0 Å². The molecule has 0 saturated heterocycles. The average molecular weight is 204 g/mol. The molecular formula is C15H24. The van der Waals surface area contributed by atoms with E-state index in [2.05, 4.69) is 27.4 Å². The van der Waals surface area contributed by atoms with Gasteiger partial charge in [0.1, 0.15) is 0 Å². The van der Waals surface area contributed by atoms with Gasteiger partial charge in [-0.25, -0.2) is 0 Å². The Morgan fingerprint density at radius 1 is 1.27 bits per heavy atom. The van der Waals surface area contributed by atoms with Gasteiger partial charge < -0.3 is 0 Å². The fourth-order valence-corrected chi connectivity index (χ4v) is 5.44. The molecule has 0 amide bonds. The molecule has 84 valence electrons. The Kier molecular flexibility index (Phi) is 1.79. The summed E-state index contributed by atoms with van der Waals surface area (Å²) in [6, 6.07) is 0. The maximum atomic E-state index is 4.34. The van der Waals surface area contributed by atoms with Crippen molar-refractivity contribution in [2.24, 2.45) is 28.6 Å². The minimum Gasteiger partial charge on any atom is -0.0996 e. The van der Waals surface area contributed by atoms with Crippen molar-refractivity contribution in [1.82, 2.24) is 0 Å².